The third-order valence-electron chi connectivity index (χ3n) is 2.01. The second-order valence-electron chi connectivity index (χ2n) is 2.92. The van der Waals surface area contributed by atoms with Crippen molar-refractivity contribution in [3.63, 3.8) is 0 Å². The molecule has 2 aromatic rings. The van der Waals surface area contributed by atoms with E-state index in [9.17, 15) is 0 Å². The highest BCUT2D eigenvalue weighted by molar-refractivity contribution is 5.62. The Labute approximate surface area is 82.8 Å². The van der Waals surface area contributed by atoms with Gasteiger partial charge in [0.1, 0.15) is 0 Å². The molecule has 0 saturated carbocycles. The number of nitrogens with zero attached hydrogens (tertiary/aromatic N) is 2. The molecular weight excluding hydrogens is 174 g/mol. The molecule has 0 aliphatic heterocycles. The minimum atomic E-state index is 0.935. The van der Waals surface area contributed by atoms with Crippen molar-refractivity contribution in [3.05, 3.63) is 42.9 Å². The standard InChI is InChI=1S/C11H11N3/c1-12-10-4-6-14-11(7-10)9-3-2-5-13-8-9/h2-8H,1H3,(H,12,14). The van der Waals surface area contributed by atoms with Crippen molar-refractivity contribution in [2.24, 2.45) is 0 Å². The molecule has 2 heterocycles. The summed E-state index contributed by atoms with van der Waals surface area (Å²) >= 11 is 0. The summed E-state index contributed by atoms with van der Waals surface area (Å²) in [7, 11) is 1.89. The molecule has 0 unspecified atom stereocenters. The van der Waals surface area contributed by atoms with Gasteiger partial charge in [-0.15, -0.1) is 0 Å². The largest absolute Gasteiger partial charge is 0.388 e. The van der Waals surface area contributed by atoms with E-state index >= 15 is 0 Å². The summed E-state index contributed by atoms with van der Waals surface area (Å²) in [6.45, 7) is 0. The second kappa shape index (κ2) is 3.87. The lowest BCUT2D eigenvalue weighted by Gasteiger charge is -2.02. The topological polar surface area (TPSA) is 37.8 Å². The zero-order valence-corrected chi connectivity index (χ0v) is 7.94. The number of rotatable bonds is 2. The highest BCUT2D eigenvalue weighted by Crippen LogP contribution is 2.18. The Morgan fingerprint density at radius 2 is 2.14 bits per heavy atom. The van der Waals surface area contributed by atoms with E-state index in [4.69, 9.17) is 0 Å². The molecule has 0 fully saturated rings. The Hall–Kier alpha value is -1.90. The van der Waals surface area contributed by atoms with Crippen LogP contribution in [0.1, 0.15) is 0 Å². The fourth-order valence-corrected chi connectivity index (χ4v) is 1.26. The first kappa shape index (κ1) is 8.69. The molecule has 0 aliphatic rings. The number of hydrogen-bond acceptors (Lipinski definition) is 3. The van der Waals surface area contributed by atoms with E-state index in [2.05, 4.69) is 15.3 Å². The van der Waals surface area contributed by atoms with Crippen LogP contribution in [0.4, 0.5) is 5.69 Å². The molecule has 0 aromatic carbocycles. The van der Waals surface area contributed by atoms with E-state index < -0.39 is 0 Å². The number of aromatic nitrogens is 2. The molecule has 0 atom stereocenters. The van der Waals surface area contributed by atoms with Gasteiger partial charge >= 0.3 is 0 Å². The van der Waals surface area contributed by atoms with Crippen molar-refractivity contribution in [1.29, 1.82) is 0 Å². The average Bonchev–Trinajstić information content (AvgIpc) is 2.30. The van der Waals surface area contributed by atoms with Crippen LogP contribution in [-0.2, 0) is 0 Å². The highest BCUT2D eigenvalue weighted by atomic mass is 14.8. The van der Waals surface area contributed by atoms with Crippen molar-refractivity contribution >= 4 is 5.69 Å². The smallest absolute Gasteiger partial charge is 0.0737 e. The molecule has 2 rings (SSSR count). The maximum absolute atomic E-state index is 4.28. The Morgan fingerprint density at radius 3 is 2.86 bits per heavy atom. The Bertz CT molecular complexity index is 412. The fraction of sp³-hybridized carbons (Fsp3) is 0.0909. The molecule has 3 nitrogen and oxygen atoms in total. The normalized spacial score (nSPS) is 9.79. The Morgan fingerprint density at radius 1 is 1.21 bits per heavy atom. The first-order valence-electron chi connectivity index (χ1n) is 4.44. The average molecular weight is 185 g/mol. The summed E-state index contributed by atoms with van der Waals surface area (Å²) < 4.78 is 0. The maximum atomic E-state index is 4.28. The van der Waals surface area contributed by atoms with Crippen LogP contribution in [-0.4, -0.2) is 17.0 Å². The summed E-state index contributed by atoms with van der Waals surface area (Å²) in [6.07, 6.45) is 5.35. The van der Waals surface area contributed by atoms with Crippen LogP contribution in [0.25, 0.3) is 11.3 Å². The van der Waals surface area contributed by atoms with Crippen LogP contribution in [0.5, 0.6) is 0 Å². The number of pyridine rings is 2. The zero-order valence-electron chi connectivity index (χ0n) is 7.94. The number of nitrogens with one attached hydrogen (secondary N) is 1. The second-order valence-corrected chi connectivity index (χ2v) is 2.92. The summed E-state index contributed by atoms with van der Waals surface area (Å²) in [5, 5.41) is 3.08. The van der Waals surface area contributed by atoms with Crippen molar-refractivity contribution in [1.82, 2.24) is 9.97 Å². The van der Waals surface area contributed by atoms with Gasteiger partial charge in [-0.1, -0.05) is 0 Å². The lowest BCUT2D eigenvalue weighted by Crippen LogP contribution is -1.90. The molecule has 2 aromatic heterocycles. The quantitative estimate of drug-likeness (QED) is 0.779. The molecule has 0 amide bonds. The molecule has 1 N–H and O–H groups in total. The van der Waals surface area contributed by atoms with Gasteiger partial charge < -0.3 is 5.32 Å². The van der Waals surface area contributed by atoms with Crippen molar-refractivity contribution < 1.29 is 0 Å². The SMILES string of the molecule is CNc1ccnc(-c2cccnc2)c1. The van der Waals surface area contributed by atoms with Crippen molar-refractivity contribution in [3.8, 4) is 11.3 Å². The van der Waals surface area contributed by atoms with Crippen molar-refractivity contribution in [2.75, 3.05) is 12.4 Å². The number of anilines is 1. The third kappa shape index (κ3) is 1.71. The molecule has 3 heteroatoms. The molecule has 0 radical (unpaired) electrons. The van der Waals surface area contributed by atoms with Gasteiger partial charge in [-0.2, -0.15) is 0 Å². The van der Waals surface area contributed by atoms with Gasteiger partial charge in [-0.05, 0) is 24.3 Å². The summed E-state index contributed by atoms with van der Waals surface area (Å²) in [6, 6.07) is 7.83. The molecule has 0 spiro atoms. The van der Waals surface area contributed by atoms with Gasteiger partial charge in [-0.25, -0.2) is 0 Å². The van der Waals surface area contributed by atoms with Gasteiger partial charge in [0.05, 0.1) is 5.69 Å². The Kier molecular flexibility index (Phi) is 2.40. The minimum absolute atomic E-state index is 0.935. The van der Waals surface area contributed by atoms with Crippen LogP contribution < -0.4 is 5.32 Å². The van der Waals surface area contributed by atoms with Gasteiger partial charge in [-0.3, -0.25) is 9.97 Å². The van der Waals surface area contributed by atoms with Crippen LogP contribution in [0.2, 0.25) is 0 Å². The van der Waals surface area contributed by atoms with E-state index in [1.54, 1.807) is 12.4 Å². The molecule has 0 aliphatic carbocycles. The van der Waals surface area contributed by atoms with Crippen LogP contribution in [0.3, 0.4) is 0 Å². The maximum Gasteiger partial charge on any atom is 0.0737 e. The Balaban J connectivity index is 2.42. The summed E-state index contributed by atoms with van der Waals surface area (Å²) in [4.78, 5) is 8.33. The highest BCUT2D eigenvalue weighted by Gasteiger charge is 1.98. The van der Waals surface area contributed by atoms with Crippen LogP contribution in [0.15, 0.2) is 42.9 Å². The first-order chi connectivity index (χ1) is 6.90. The van der Waals surface area contributed by atoms with Crippen LogP contribution >= 0.6 is 0 Å². The molecule has 0 bridgehead atoms. The third-order valence-corrected chi connectivity index (χ3v) is 2.01. The van der Waals surface area contributed by atoms with E-state index in [1.807, 2.05) is 37.5 Å². The van der Waals surface area contributed by atoms with Gasteiger partial charge in [0, 0.05) is 36.9 Å². The van der Waals surface area contributed by atoms with Gasteiger partial charge in [0.2, 0.25) is 0 Å². The molecular formula is C11H11N3. The monoisotopic (exact) mass is 185 g/mol. The minimum Gasteiger partial charge on any atom is -0.388 e. The molecule has 70 valence electrons. The predicted octanol–water partition coefficient (Wildman–Crippen LogP) is 2.19. The van der Waals surface area contributed by atoms with Gasteiger partial charge in [0.15, 0.2) is 0 Å². The van der Waals surface area contributed by atoms with Crippen molar-refractivity contribution in [2.45, 2.75) is 0 Å². The molecule has 14 heavy (non-hydrogen) atoms. The van der Waals surface area contributed by atoms with E-state index in [0.717, 1.165) is 16.9 Å². The predicted molar refractivity (Wildman–Crippen MR) is 57.0 cm³/mol. The zero-order chi connectivity index (χ0) is 9.80. The lowest BCUT2D eigenvalue weighted by molar-refractivity contribution is 1.27. The van der Waals surface area contributed by atoms with E-state index in [-0.39, 0.29) is 0 Å². The lowest BCUT2D eigenvalue weighted by atomic mass is 10.2. The van der Waals surface area contributed by atoms with E-state index in [0.29, 0.717) is 0 Å². The van der Waals surface area contributed by atoms with E-state index in [1.165, 1.54) is 0 Å². The summed E-state index contributed by atoms with van der Waals surface area (Å²) in [5.41, 5.74) is 3.02. The van der Waals surface area contributed by atoms with Gasteiger partial charge in [0.25, 0.3) is 0 Å². The van der Waals surface area contributed by atoms with Crippen LogP contribution in [0, 0.1) is 0 Å². The first-order valence-corrected chi connectivity index (χ1v) is 4.44. The number of hydrogen-bond donors (Lipinski definition) is 1. The fourth-order valence-electron chi connectivity index (χ4n) is 1.26. The molecule has 0 saturated heterocycles. The summed E-state index contributed by atoms with van der Waals surface area (Å²) in [5.74, 6) is 0.